The molecule has 0 radical (unpaired) electrons. The third-order valence-electron chi connectivity index (χ3n) is 2.74. The van der Waals surface area contributed by atoms with E-state index in [1.807, 2.05) is 17.5 Å². The highest BCUT2D eigenvalue weighted by Crippen LogP contribution is 2.48. The predicted molar refractivity (Wildman–Crippen MR) is 51.2 cm³/mol. The van der Waals surface area contributed by atoms with Crippen molar-refractivity contribution in [1.29, 1.82) is 0 Å². The lowest BCUT2D eigenvalue weighted by atomic mass is 9.93. The van der Waals surface area contributed by atoms with E-state index in [1.54, 1.807) is 11.3 Å². The van der Waals surface area contributed by atoms with Crippen LogP contribution in [0.15, 0.2) is 17.5 Å². The second-order valence-corrected chi connectivity index (χ2v) is 4.48. The van der Waals surface area contributed by atoms with Gasteiger partial charge in [0.1, 0.15) is 5.60 Å². The summed E-state index contributed by atoms with van der Waals surface area (Å²) in [5.74, 6) is 0.529. The van der Waals surface area contributed by atoms with Gasteiger partial charge in [-0.2, -0.15) is 0 Å². The minimum absolute atomic E-state index is 0.506. The molecule has 1 aromatic rings. The minimum atomic E-state index is -0.506. The average molecular weight is 182 g/mol. The van der Waals surface area contributed by atoms with Crippen molar-refractivity contribution in [2.45, 2.75) is 31.8 Å². The molecule has 1 saturated carbocycles. The van der Waals surface area contributed by atoms with Crippen LogP contribution in [0.5, 0.6) is 0 Å². The van der Waals surface area contributed by atoms with E-state index in [4.69, 9.17) is 0 Å². The lowest BCUT2D eigenvalue weighted by molar-refractivity contribution is 0.0126. The van der Waals surface area contributed by atoms with Crippen molar-refractivity contribution < 1.29 is 5.11 Å². The fraction of sp³-hybridized carbons (Fsp3) is 0.600. The second-order valence-electron chi connectivity index (χ2n) is 3.53. The first-order valence-corrected chi connectivity index (χ1v) is 5.41. The normalized spacial score (nSPS) is 22.2. The van der Waals surface area contributed by atoms with Crippen LogP contribution in [0, 0.1) is 5.92 Å². The molecule has 1 aromatic heterocycles. The van der Waals surface area contributed by atoms with Gasteiger partial charge in [0.05, 0.1) is 0 Å². The average Bonchev–Trinajstić information content (AvgIpc) is 2.80. The van der Waals surface area contributed by atoms with Gasteiger partial charge in [-0.15, -0.1) is 11.3 Å². The highest BCUT2D eigenvalue weighted by molar-refractivity contribution is 7.10. The van der Waals surface area contributed by atoms with Crippen LogP contribution < -0.4 is 0 Å². The van der Waals surface area contributed by atoms with Crippen LogP contribution in [0.1, 0.15) is 31.1 Å². The van der Waals surface area contributed by atoms with E-state index in [1.165, 1.54) is 12.8 Å². The summed E-state index contributed by atoms with van der Waals surface area (Å²) in [7, 11) is 0. The molecule has 1 nitrogen and oxygen atoms in total. The van der Waals surface area contributed by atoms with E-state index in [0.717, 1.165) is 11.3 Å². The summed E-state index contributed by atoms with van der Waals surface area (Å²) in [5, 5.41) is 12.4. The third-order valence-corrected chi connectivity index (χ3v) is 3.78. The summed E-state index contributed by atoms with van der Waals surface area (Å²) in [5.41, 5.74) is -0.506. The lowest BCUT2D eigenvalue weighted by Gasteiger charge is -2.25. The van der Waals surface area contributed by atoms with Crippen LogP contribution in [0.3, 0.4) is 0 Å². The Balaban J connectivity index is 2.27. The van der Waals surface area contributed by atoms with E-state index in [2.05, 4.69) is 6.92 Å². The Morgan fingerprint density at radius 2 is 2.42 bits per heavy atom. The summed E-state index contributed by atoms with van der Waals surface area (Å²) in [6, 6.07) is 4.06. The molecule has 1 aliphatic rings. The lowest BCUT2D eigenvalue weighted by Crippen LogP contribution is -2.25. The number of thiophene rings is 1. The Morgan fingerprint density at radius 3 is 2.83 bits per heavy atom. The monoisotopic (exact) mass is 182 g/mol. The number of rotatable bonds is 3. The fourth-order valence-electron chi connectivity index (χ4n) is 1.75. The summed E-state index contributed by atoms with van der Waals surface area (Å²) in [6.07, 6.45) is 3.24. The van der Waals surface area contributed by atoms with Gasteiger partial charge in [0.15, 0.2) is 0 Å². The Labute approximate surface area is 77.0 Å². The van der Waals surface area contributed by atoms with E-state index in [0.29, 0.717) is 5.92 Å². The minimum Gasteiger partial charge on any atom is -0.384 e. The number of hydrogen-bond acceptors (Lipinski definition) is 2. The SMILES string of the molecule is CCC(O)(c1cccs1)C1CC1. The summed E-state index contributed by atoms with van der Waals surface area (Å²) in [6.45, 7) is 2.07. The van der Waals surface area contributed by atoms with Crippen molar-refractivity contribution in [2.24, 2.45) is 5.92 Å². The molecule has 0 bridgehead atoms. The molecular formula is C10H14OS. The molecule has 12 heavy (non-hydrogen) atoms. The van der Waals surface area contributed by atoms with Gasteiger partial charge in [0, 0.05) is 4.88 Å². The molecule has 2 rings (SSSR count). The zero-order valence-electron chi connectivity index (χ0n) is 7.29. The largest absolute Gasteiger partial charge is 0.384 e. The van der Waals surface area contributed by atoms with E-state index >= 15 is 0 Å². The molecule has 0 spiro atoms. The molecule has 1 aliphatic carbocycles. The van der Waals surface area contributed by atoms with E-state index < -0.39 is 5.60 Å². The Hall–Kier alpha value is -0.340. The molecular weight excluding hydrogens is 168 g/mol. The van der Waals surface area contributed by atoms with Gasteiger partial charge in [0.25, 0.3) is 0 Å². The Morgan fingerprint density at radius 1 is 1.67 bits per heavy atom. The highest BCUT2D eigenvalue weighted by Gasteiger charge is 2.44. The van der Waals surface area contributed by atoms with Crippen molar-refractivity contribution >= 4 is 11.3 Å². The zero-order valence-corrected chi connectivity index (χ0v) is 8.10. The maximum Gasteiger partial charge on any atom is 0.101 e. The maximum absolute atomic E-state index is 10.3. The molecule has 0 aromatic carbocycles. The molecule has 1 fully saturated rings. The molecule has 0 aliphatic heterocycles. The first-order chi connectivity index (χ1) is 5.77. The van der Waals surface area contributed by atoms with Crippen LogP contribution in [-0.2, 0) is 5.60 Å². The van der Waals surface area contributed by atoms with Gasteiger partial charge in [-0.05, 0) is 36.6 Å². The van der Waals surface area contributed by atoms with Crippen LogP contribution in [0.4, 0.5) is 0 Å². The fourth-order valence-corrected chi connectivity index (χ4v) is 2.73. The first kappa shape index (κ1) is 8.27. The maximum atomic E-state index is 10.3. The quantitative estimate of drug-likeness (QED) is 0.762. The van der Waals surface area contributed by atoms with Crippen molar-refractivity contribution in [2.75, 3.05) is 0 Å². The van der Waals surface area contributed by atoms with Crippen LogP contribution in [-0.4, -0.2) is 5.11 Å². The summed E-state index contributed by atoms with van der Waals surface area (Å²) < 4.78 is 0. The summed E-state index contributed by atoms with van der Waals surface area (Å²) >= 11 is 1.67. The van der Waals surface area contributed by atoms with Crippen LogP contribution in [0.2, 0.25) is 0 Å². The van der Waals surface area contributed by atoms with E-state index in [-0.39, 0.29) is 0 Å². The van der Waals surface area contributed by atoms with Gasteiger partial charge in [0.2, 0.25) is 0 Å². The second kappa shape index (κ2) is 2.86. The smallest absolute Gasteiger partial charge is 0.101 e. The molecule has 1 heterocycles. The topological polar surface area (TPSA) is 20.2 Å². The van der Waals surface area contributed by atoms with Crippen molar-refractivity contribution in [3.05, 3.63) is 22.4 Å². The molecule has 0 amide bonds. The predicted octanol–water partition coefficient (Wildman–Crippen LogP) is 2.76. The molecule has 1 atom stereocenters. The van der Waals surface area contributed by atoms with Gasteiger partial charge >= 0.3 is 0 Å². The number of aliphatic hydroxyl groups is 1. The Kier molecular flexibility index (Phi) is 1.97. The summed E-state index contributed by atoms with van der Waals surface area (Å²) in [4.78, 5) is 1.15. The molecule has 1 unspecified atom stereocenters. The van der Waals surface area contributed by atoms with Gasteiger partial charge in [-0.3, -0.25) is 0 Å². The van der Waals surface area contributed by atoms with Crippen LogP contribution in [0.25, 0.3) is 0 Å². The molecule has 1 N–H and O–H groups in total. The van der Waals surface area contributed by atoms with Crippen LogP contribution >= 0.6 is 11.3 Å². The standard InChI is InChI=1S/C10H14OS/c1-2-10(11,8-5-6-8)9-4-3-7-12-9/h3-4,7-8,11H,2,5-6H2,1H3. The van der Waals surface area contributed by atoms with Crippen molar-refractivity contribution in [3.63, 3.8) is 0 Å². The van der Waals surface area contributed by atoms with Crippen molar-refractivity contribution in [1.82, 2.24) is 0 Å². The van der Waals surface area contributed by atoms with Gasteiger partial charge in [-0.25, -0.2) is 0 Å². The van der Waals surface area contributed by atoms with Gasteiger partial charge < -0.3 is 5.11 Å². The molecule has 2 heteroatoms. The highest BCUT2D eigenvalue weighted by atomic mass is 32.1. The molecule has 66 valence electrons. The molecule has 0 saturated heterocycles. The first-order valence-electron chi connectivity index (χ1n) is 4.53. The van der Waals surface area contributed by atoms with Gasteiger partial charge in [-0.1, -0.05) is 13.0 Å². The third kappa shape index (κ3) is 1.19. The number of hydrogen-bond donors (Lipinski definition) is 1. The zero-order chi connectivity index (χ0) is 8.60. The van der Waals surface area contributed by atoms with Crippen molar-refractivity contribution in [3.8, 4) is 0 Å². The van der Waals surface area contributed by atoms with E-state index in [9.17, 15) is 5.11 Å². The Bertz CT molecular complexity index is 251.